The molecular weight excluding hydrogens is 246 g/mol. The Morgan fingerprint density at radius 2 is 2.10 bits per heavy atom. The van der Waals surface area contributed by atoms with Gasteiger partial charge in [-0.2, -0.15) is 0 Å². The summed E-state index contributed by atoms with van der Waals surface area (Å²) in [5.74, 6) is 1.99. The molecule has 2 nitrogen and oxygen atoms in total. The first-order valence-electron chi connectivity index (χ1n) is 8.35. The fourth-order valence-corrected chi connectivity index (χ4v) is 2.90. The van der Waals surface area contributed by atoms with Gasteiger partial charge in [-0.25, -0.2) is 0 Å². The molecule has 2 aliphatic rings. The first-order chi connectivity index (χ1) is 9.85. The van der Waals surface area contributed by atoms with Crippen LogP contribution >= 0.6 is 0 Å². The van der Waals surface area contributed by atoms with Crippen LogP contribution in [0.1, 0.15) is 63.5 Å². The fourth-order valence-electron chi connectivity index (χ4n) is 2.90. The Balaban J connectivity index is 1.66. The Morgan fingerprint density at radius 3 is 2.75 bits per heavy atom. The number of hydrogen-bond donors (Lipinski definition) is 1. The predicted molar refractivity (Wildman–Crippen MR) is 83.1 cm³/mol. The van der Waals surface area contributed by atoms with Crippen molar-refractivity contribution in [2.45, 2.75) is 64.0 Å². The first-order valence-corrected chi connectivity index (χ1v) is 8.35. The summed E-state index contributed by atoms with van der Waals surface area (Å²) in [5, 5.41) is 3.73. The zero-order valence-electron chi connectivity index (χ0n) is 12.6. The smallest absolute Gasteiger partial charge is 0.120 e. The maximum absolute atomic E-state index is 5.94. The molecule has 1 atom stereocenters. The van der Waals surface area contributed by atoms with Crippen LogP contribution in [0.2, 0.25) is 0 Å². The van der Waals surface area contributed by atoms with Gasteiger partial charge in [0, 0.05) is 6.04 Å². The van der Waals surface area contributed by atoms with E-state index in [0.717, 1.165) is 18.2 Å². The molecule has 2 fully saturated rings. The molecule has 3 rings (SSSR count). The highest BCUT2D eigenvalue weighted by molar-refractivity contribution is 5.31. The van der Waals surface area contributed by atoms with Crippen LogP contribution in [0.15, 0.2) is 24.3 Å². The second-order valence-electron chi connectivity index (χ2n) is 6.43. The zero-order chi connectivity index (χ0) is 13.8. The highest BCUT2D eigenvalue weighted by atomic mass is 16.5. The van der Waals surface area contributed by atoms with Gasteiger partial charge in [-0.05, 0) is 55.8 Å². The Bertz CT molecular complexity index is 423. The summed E-state index contributed by atoms with van der Waals surface area (Å²) in [6.07, 6.45) is 9.68. The second kappa shape index (κ2) is 6.62. The maximum atomic E-state index is 5.94. The molecule has 2 aliphatic carbocycles. The molecule has 1 aromatic carbocycles. The standard InChI is InChI=1S/C18H27NO/c1-2-11-19-18(12-14-5-3-6-14)15-7-4-8-17(13-15)20-16-9-10-16/h4,7-8,13-14,16,18-19H,2-3,5-6,9-12H2,1H3. The lowest BCUT2D eigenvalue weighted by molar-refractivity contribution is 0.260. The van der Waals surface area contributed by atoms with Crippen molar-refractivity contribution in [3.8, 4) is 5.75 Å². The van der Waals surface area contributed by atoms with E-state index in [1.165, 1.54) is 50.5 Å². The van der Waals surface area contributed by atoms with Gasteiger partial charge in [0.1, 0.15) is 5.75 Å². The quantitative estimate of drug-likeness (QED) is 0.755. The van der Waals surface area contributed by atoms with Crippen LogP contribution in [0.4, 0.5) is 0 Å². The van der Waals surface area contributed by atoms with Gasteiger partial charge < -0.3 is 10.1 Å². The average molecular weight is 273 g/mol. The molecule has 20 heavy (non-hydrogen) atoms. The van der Waals surface area contributed by atoms with Gasteiger partial charge in [0.15, 0.2) is 0 Å². The molecule has 0 radical (unpaired) electrons. The normalized spacial score (nSPS) is 20.4. The summed E-state index contributed by atoms with van der Waals surface area (Å²) in [5.41, 5.74) is 1.41. The molecule has 1 aromatic rings. The van der Waals surface area contributed by atoms with Crippen LogP contribution in [-0.4, -0.2) is 12.6 Å². The van der Waals surface area contributed by atoms with Crippen LogP contribution in [0, 0.1) is 5.92 Å². The molecule has 2 heteroatoms. The molecule has 110 valence electrons. The molecule has 0 spiro atoms. The van der Waals surface area contributed by atoms with Crippen molar-refractivity contribution in [2.24, 2.45) is 5.92 Å². The summed E-state index contributed by atoms with van der Waals surface area (Å²) >= 11 is 0. The monoisotopic (exact) mass is 273 g/mol. The number of ether oxygens (including phenoxy) is 1. The number of rotatable bonds is 8. The number of nitrogens with one attached hydrogen (secondary N) is 1. The Hall–Kier alpha value is -1.02. The lowest BCUT2D eigenvalue weighted by Gasteiger charge is -2.30. The number of benzene rings is 1. The third-order valence-electron chi connectivity index (χ3n) is 4.52. The second-order valence-corrected chi connectivity index (χ2v) is 6.43. The largest absolute Gasteiger partial charge is 0.490 e. The van der Waals surface area contributed by atoms with Crippen molar-refractivity contribution < 1.29 is 4.74 Å². The molecule has 0 aromatic heterocycles. The van der Waals surface area contributed by atoms with Crippen LogP contribution in [-0.2, 0) is 0 Å². The van der Waals surface area contributed by atoms with Crippen LogP contribution in [0.25, 0.3) is 0 Å². The van der Waals surface area contributed by atoms with E-state index in [2.05, 4.69) is 36.5 Å². The molecule has 0 heterocycles. The minimum absolute atomic E-state index is 0.485. The molecule has 0 amide bonds. The average Bonchev–Trinajstić information content (AvgIpc) is 3.21. The lowest BCUT2D eigenvalue weighted by atomic mass is 9.79. The van der Waals surface area contributed by atoms with Gasteiger partial charge in [0.05, 0.1) is 6.10 Å². The summed E-state index contributed by atoms with van der Waals surface area (Å²) in [4.78, 5) is 0. The van der Waals surface area contributed by atoms with Crippen molar-refractivity contribution in [1.82, 2.24) is 5.32 Å². The molecule has 1 unspecified atom stereocenters. The minimum atomic E-state index is 0.485. The van der Waals surface area contributed by atoms with E-state index < -0.39 is 0 Å². The van der Waals surface area contributed by atoms with Gasteiger partial charge in [0.2, 0.25) is 0 Å². The van der Waals surface area contributed by atoms with Crippen LogP contribution in [0.5, 0.6) is 5.75 Å². The topological polar surface area (TPSA) is 21.3 Å². The van der Waals surface area contributed by atoms with E-state index in [1.54, 1.807) is 0 Å². The van der Waals surface area contributed by atoms with Gasteiger partial charge in [-0.15, -0.1) is 0 Å². The van der Waals surface area contributed by atoms with E-state index in [0.29, 0.717) is 12.1 Å². The first kappa shape index (κ1) is 13.9. The van der Waals surface area contributed by atoms with Crippen LogP contribution < -0.4 is 10.1 Å². The Labute approximate surface area is 122 Å². The van der Waals surface area contributed by atoms with E-state index in [1.807, 2.05) is 0 Å². The van der Waals surface area contributed by atoms with E-state index in [-0.39, 0.29) is 0 Å². The zero-order valence-corrected chi connectivity index (χ0v) is 12.6. The van der Waals surface area contributed by atoms with Crippen molar-refractivity contribution in [3.05, 3.63) is 29.8 Å². The fraction of sp³-hybridized carbons (Fsp3) is 0.667. The van der Waals surface area contributed by atoms with Crippen molar-refractivity contribution >= 4 is 0 Å². The summed E-state index contributed by atoms with van der Waals surface area (Å²) in [6, 6.07) is 9.26. The van der Waals surface area contributed by atoms with E-state index in [4.69, 9.17) is 4.74 Å². The Morgan fingerprint density at radius 1 is 1.25 bits per heavy atom. The third kappa shape index (κ3) is 3.76. The summed E-state index contributed by atoms with van der Waals surface area (Å²) in [7, 11) is 0. The SMILES string of the molecule is CCCNC(CC1CCC1)c1cccc(OC2CC2)c1. The minimum Gasteiger partial charge on any atom is -0.490 e. The molecule has 1 N–H and O–H groups in total. The van der Waals surface area contributed by atoms with Crippen molar-refractivity contribution in [3.63, 3.8) is 0 Å². The highest BCUT2D eigenvalue weighted by Crippen LogP contribution is 2.36. The molecule has 0 aliphatic heterocycles. The summed E-state index contributed by atoms with van der Waals surface area (Å²) in [6.45, 7) is 3.34. The molecule has 2 saturated carbocycles. The van der Waals surface area contributed by atoms with Crippen LogP contribution in [0.3, 0.4) is 0 Å². The predicted octanol–water partition coefficient (Wildman–Crippen LogP) is 4.46. The van der Waals surface area contributed by atoms with Gasteiger partial charge in [-0.3, -0.25) is 0 Å². The highest BCUT2D eigenvalue weighted by Gasteiger charge is 2.25. The van der Waals surface area contributed by atoms with Gasteiger partial charge in [-0.1, -0.05) is 38.3 Å². The maximum Gasteiger partial charge on any atom is 0.120 e. The molecule has 0 saturated heterocycles. The summed E-state index contributed by atoms with van der Waals surface area (Å²) < 4.78 is 5.94. The van der Waals surface area contributed by atoms with Gasteiger partial charge in [0.25, 0.3) is 0 Å². The van der Waals surface area contributed by atoms with E-state index >= 15 is 0 Å². The van der Waals surface area contributed by atoms with Crippen molar-refractivity contribution in [2.75, 3.05) is 6.54 Å². The van der Waals surface area contributed by atoms with Crippen molar-refractivity contribution in [1.29, 1.82) is 0 Å². The molecular formula is C18H27NO. The number of hydrogen-bond acceptors (Lipinski definition) is 2. The van der Waals surface area contributed by atoms with Gasteiger partial charge >= 0.3 is 0 Å². The molecule has 0 bridgehead atoms. The van der Waals surface area contributed by atoms with E-state index in [9.17, 15) is 0 Å². The third-order valence-corrected chi connectivity index (χ3v) is 4.52. The lowest BCUT2D eigenvalue weighted by Crippen LogP contribution is -2.26. The Kier molecular flexibility index (Phi) is 4.62.